The molecule has 3 fully saturated rings. The molecule has 0 radical (unpaired) electrons. The van der Waals surface area contributed by atoms with Crippen LogP contribution in [0.15, 0.2) is 36.0 Å². The van der Waals surface area contributed by atoms with Crippen LogP contribution in [-0.4, -0.2) is 175 Å². The lowest BCUT2D eigenvalue weighted by Gasteiger charge is -2.27. The third kappa shape index (κ3) is 37.5. The van der Waals surface area contributed by atoms with Gasteiger partial charge in [-0.25, -0.2) is 9.59 Å². The van der Waals surface area contributed by atoms with Crippen LogP contribution in [-0.2, 0) is 86.1 Å². The van der Waals surface area contributed by atoms with Crippen molar-refractivity contribution in [2.24, 2.45) is 41.4 Å². The summed E-state index contributed by atoms with van der Waals surface area (Å²) >= 11 is 4.64. The van der Waals surface area contributed by atoms with Crippen molar-refractivity contribution in [3.8, 4) is 0 Å². The number of allylic oxidation sites excluding steroid dienone is 3. The minimum Gasteiger partial charge on any atom is -0.456 e. The zero-order valence-electron chi connectivity index (χ0n) is 59.0. The highest BCUT2D eigenvalue weighted by Crippen LogP contribution is 2.30. The smallest absolute Gasteiger partial charge is 0.329 e. The Morgan fingerprint density at radius 2 is 1.00 bits per heavy atom. The van der Waals surface area contributed by atoms with Crippen molar-refractivity contribution in [3.05, 3.63) is 36.0 Å². The number of hydrogen-bond acceptors (Lipinski definition) is 23. The first-order valence-corrected chi connectivity index (χ1v) is 36.6. The van der Waals surface area contributed by atoms with Gasteiger partial charge in [0, 0.05) is 119 Å². The highest BCUT2D eigenvalue weighted by molar-refractivity contribution is 8.14. The highest BCUT2D eigenvalue weighted by atomic mass is 32.2. The predicted octanol–water partition coefficient (Wildman–Crippen LogP) is 8.11. The number of rotatable bonds is 17. The molecule has 0 aliphatic carbocycles. The van der Waals surface area contributed by atoms with Crippen molar-refractivity contribution >= 4 is 133 Å². The molecule has 3 aliphatic heterocycles. The van der Waals surface area contributed by atoms with E-state index in [2.05, 4.69) is 51.7 Å². The summed E-state index contributed by atoms with van der Waals surface area (Å²) in [7, 11) is 0. The van der Waals surface area contributed by atoms with Gasteiger partial charge < -0.3 is 40.4 Å². The fourth-order valence-electron chi connectivity index (χ4n) is 9.52. The molecule has 0 spiro atoms. The predicted molar refractivity (Wildman–Crippen MR) is 374 cm³/mol. The van der Waals surface area contributed by atoms with Crippen molar-refractivity contribution < 1.29 is 86.1 Å². The Kier molecular flexibility index (Phi) is 45.1. The van der Waals surface area contributed by atoms with E-state index in [0.717, 1.165) is 23.5 Å². The number of ketones is 4. The average molecular weight is 1410 g/mol. The van der Waals surface area contributed by atoms with Crippen molar-refractivity contribution in [2.45, 2.75) is 218 Å². The van der Waals surface area contributed by atoms with Crippen LogP contribution in [0.2, 0.25) is 0 Å². The summed E-state index contributed by atoms with van der Waals surface area (Å²) in [6, 6.07) is -3.82. The van der Waals surface area contributed by atoms with E-state index in [1.165, 1.54) is 83.9 Å². The molecule has 2 bridgehead atoms. The summed E-state index contributed by atoms with van der Waals surface area (Å²) in [5.74, 6) is -7.53. The molecule has 3 heterocycles. The molecule has 2 unspecified atom stereocenters. The second-order valence-electron chi connectivity index (χ2n) is 24.5. The van der Waals surface area contributed by atoms with Crippen molar-refractivity contribution in [2.75, 3.05) is 42.6 Å². The molecule has 4 N–H and O–H groups in total. The lowest BCUT2D eigenvalue weighted by molar-refractivity contribution is -0.157. The fraction of sp³-hybridized carbons (Fsp3) is 0.691. The Hall–Kier alpha value is -5.77. The standard InChI is InChI=1S/C30H44N2O8S2.C28H42N2O7S2.C6H15N.C4H6O3/c1-8-21-13-26(36)25(16-42-20(7)34)31-29(38)24(17(2)3)15-22(35)14-23(11-9-10-12-41-19(6)33)40-30(39)27(18(4)5)32-28(21)37;1-15(2)21-12-19(32)11-20(9-7-8-10-38-18(6)31)37-28(36)25(16(3)4)30-27(35)22-13-24(33)23(29-26(21)34)14-39-17(22)5;1-4-7(5-2)6-3;1-3(5)7-4(2)6/h8-9,11,17-18,23-25,27H,10,12-16H2,1-7H3,(H,31,38)(H,32,37);7,9,15-17,20-23,25H,8,10-14H2,1-6H3,(H,29,34)(H,30,35);4-6H2,1-3H3;1-2H3/b11-9+,21-8-;9-7+;;/t23-,24-,25-,27+;17?,20-,21-,22?,23-,25+;;/m11../s1. The summed E-state index contributed by atoms with van der Waals surface area (Å²) in [5.41, 5.74) is 0.104. The minimum atomic E-state index is -1.06. The molecule has 3 saturated heterocycles. The molecule has 23 nitrogen and oxygen atoms in total. The number of nitrogens with one attached hydrogen (secondary N) is 4. The Labute approximate surface area is 579 Å². The van der Waals surface area contributed by atoms with Crippen LogP contribution in [0, 0.1) is 41.4 Å². The topological polar surface area (TPSA) is 335 Å². The van der Waals surface area contributed by atoms with Crippen LogP contribution in [0.25, 0.3) is 0 Å². The van der Waals surface area contributed by atoms with Crippen LogP contribution < -0.4 is 21.3 Å². The van der Waals surface area contributed by atoms with Gasteiger partial charge in [-0.05, 0) is 75.2 Å². The molecule has 4 amide bonds. The maximum atomic E-state index is 13.3. The molecule has 0 aromatic heterocycles. The summed E-state index contributed by atoms with van der Waals surface area (Å²) < 4.78 is 15.4. The maximum absolute atomic E-state index is 13.3. The summed E-state index contributed by atoms with van der Waals surface area (Å²) in [4.78, 5) is 188. The first kappa shape index (κ1) is 89.2. The Morgan fingerprint density at radius 1 is 0.568 bits per heavy atom. The normalized spacial score (nSPS) is 24.5. The van der Waals surface area contributed by atoms with Gasteiger partial charge in [0.2, 0.25) is 23.6 Å². The lowest BCUT2D eigenvalue weighted by Crippen LogP contribution is -2.50. The number of hydrogen-bond donors (Lipinski definition) is 4. The first-order chi connectivity index (χ1) is 44.4. The lowest BCUT2D eigenvalue weighted by atomic mass is 9.88. The zero-order valence-corrected chi connectivity index (χ0v) is 62.3. The van der Waals surface area contributed by atoms with Crippen molar-refractivity contribution in [3.63, 3.8) is 0 Å². The monoisotopic (exact) mass is 1410 g/mol. The number of fused-ring (bicyclic) bond motifs is 3. The number of thioether (sulfide) groups is 4. The SMILES string of the molecule is C/C=C1/CC(=O)[C@@H](CSC(C)=O)NC(=O)[C@@H](C(C)C)CC(=O)C[C@@H](/C=C/CCSC(C)=O)OC(=O)[C@H](C(C)C)NC1=O.CC(=O)OC(C)=O.CC(=O)SCC/C=C/[C@@H]1CC(=O)C[C@H](C(C)C)C(=O)N[C@@H]2CSC(C)C(CC2=O)C(=O)N[C@@H](C(C)C)C(=O)O1.CCN(CC)CC. The van der Waals surface area contributed by atoms with E-state index in [-0.39, 0.29) is 117 Å². The van der Waals surface area contributed by atoms with Gasteiger partial charge in [-0.1, -0.05) is 137 Å². The zero-order chi connectivity index (χ0) is 72.8. The number of carbonyl (C=O) groups excluding carboxylic acids is 15. The van der Waals surface area contributed by atoms with Gasteiger partial charge in [0.1, 0.15) is 35.9 Å². The second kappa shape index (κ2) is 48.0. The maximum Gasteiger partial charge on any atom is 0.329 e. The molecule has 27 heteroatoms. The van der Waals surface area contributed by atoms with E-state index in [1.807, 2.05) is 20.8 Å². The number of carbonyl (C=O) groups is 15. The second-order valence-corrected chi connectivity index (χ2v) is 29.6. The summed E-state index contributed by atoms with van der Waals surface area (Å²) in [5, 5.41) is 10.5. The van der Waals surface area contributed by atoms with Crippen LogP contribution in [0.4, 0.5) is 0 Å². The van der Waals surface area contributed by atoms with Gasteiger partial charge in [0.25, 0.3) is 0 Å². The Balaban J connectivity index is 0.00000154. The number of nitrogens with zero attached hydrogens (tertiary/aromatic N) is 1. The summed E-state index contributed by atoms with van der Waals surface area (Å²) in [6.45, 7) is 34.6. The van der Waals surface area contributed by atoms with Gasteiger partial charge >= 0.3 is 23.9 Å². The van der Waals surface area contributed by atoms with E-state index in [0.29, 0.717) is 30.1 Å². The molecular formula is C68H107N5O18S4. The fourth-order valence-corrected chi connectivity index (χ4v) is 12.5. The van der Waals surface area contributed by atoms with E-state index in [9.17, 15) is 71.9 Å². The van der Waals surface area contributed by atoms with E-state index in [1.54, 1.807) is 72.8 Å². The van der Waals surface area contributed by atoms with Crippen LogP contribution >= 0.6 is 47.0 Å². The van der Waals surface area contributed by atoms with Crippen molar-refractivity contribution in [1.82, 2.24) is 26.2 Å². The molecule has 0 aromatic carbocycles. The number of cyclic esters (lactones) is 2. The number of ether oxygens (including phenoxy) is 3. The quantitative estimate of drug-likeness (QED) is 0.0267. The molecule has 3 aliphatic rings. The third-order valence-corrected chi connectivity index (χ3v) is 19.2. The van der Waals surface area contributed by atoms with Gasteiger partial charge in [-0.3, -0.25) is 62.3 Å². The Morgan fingerprint density at radius 3 is 1.37 bits per heavy atom. The van der Waals surface area contributed by atoms with E-state index in [4.69, 9.17) is 9.47 Å². The Bertz CT molecular complexity index is 2690. The molecule has 0 aromatic rings. The van der Waals surface area contributed by atoms with Crippen LogP contribution in [0.3, 0.4) is 0 Å². The molecule has 536 valence electrons. The van der Waals surface area contributed by atoms with Gasteiger partial charge in [-0.15, -0.1) is 0 Å². The van der Waals surface area contributed by atoms with Gasteiger partial charge in [0.05, 0.1) is 18.0 Å². The number of amides is 4. The van der Waals surface area contributed by atoms with E-state index < -0.39 is 102 Å². The van der Waals surface area contributed by atoms with Gasteiger partial charge in [0.15, 0.2) is 26.9 Å². The number of Topliss-reactive ketones (excluding diaryl/α,β-unsaturated/α-hetero) is 4. The molecule has 95 heavy (non-hydrogen) atoms. The first-order valence-electron chi connectivity index (χ1n) is 32.6. The molecule has 3 rings (SSSR count). The van der Waals surface area contributed by atoms with Crippen molar-refractivity contribution in [1.29, 1.82) is 0 Å². The highest BCUT2D eigenvalue weighted by Gasteiger charge is 2.40. The average Bonchev–Trinajstić information content (AvgIpc) is 1.84. The number of esters is 4. The minimum absolute atomic E-state index is 0.00200. The summed E-state index contributed by atoms with van der Waals surface area (Å²) in [6.07, 6.45) is 6.50. The largest absolute Gasteiger partial charge is 0.456 e. The van der Waals surface area contributed by atoms with Crippen LogP contribution in [0.1, 0.15) is 176 Å². The van der Waals surface area contributed by atoms with Crippen LogP contribution in [0.5, 0.6) is 0 Å². The molecule has 0 saturated carbocycles. The third-order valence-electron chi connectivity index (χ3n) is 15.2. The molecular weight excluding hydrogens is 1300 g/mol. The molecule has 10 atom stereocenters. The van der Waals surface area contributed by atoms with Gasteiger partial charge in [-0.2, -0.15) is 11.8 Å². The van der Waals surface area contributed by atoms with E-state index >= 15 is 0 Å².